The van der Waals surface area contributed by atoms with E-state index in [0.29, 0.717) is 41.5 Å². The molecule has 154 valence electrons. The number of aromatic nitrogens is 1. The SMILES string of the molecule is CCOC(=O)c1cc(Cl)cnc1C1CCN(C(=O)c2ccc(N(C)C)cc2)CC1. The van der Waals surface area contributed by atoms with Gasteiger partial charge in [0.15, 0.2) is 0 Å². The second-order valence-electron chi connectivity index (χ2n) is 7.31. The molecule has 0 unspecified atom stereocenters. The first-order chi connectivity index (χ1) is 13.9. The van der Waals surface area contributed by atoms with Crippen molar-refractivity contribution in [2.45, 2.75) is 25.7 Å². The van der Waals surface area contributed by atoms with E-state index in [4.69, 9.17) is 16.3 Å². The summed E-state index contributed by atoms with van der Waals surface area (Å²) >= 11 is 6.04. The molecule has 0 spiro atoms. The zero-order valence-electron chi connectivity index (χ0n) is 17.0. The van der Waals surface area contributed by atoms with Gasteiger partial charge in [0.2, 0.25) is 0 Å². The molecule has 0 bridgehead atoms. The number of carbonyl (C=O) groups is 2. The fourth-order valence-electron chi connectivity index (χ4n) is 3.59. The van der Waals surface area contributed by atoms with E-state index < -0.39 is 5.97 Å². The third-order valence-electron chi connectivity index (χ3n) is 5.18. The molecule has 0 radical (unpaired) electrons. The highest BCUT2D eigenvalue weighted by Gasteiger charge is 2.28. The van der Waals surface area contributed by atoms with Crippen LogP contribution in [0.5, 0.6) is 0 Å². The highest BCUT2D eigenvalue weighted by Crippen LogP contribution is 2.31. The third kappa shape index (κ3) is 4.88. The summed E-state index contributed by atoms with van der Waals surface area (Å²) < 4.78 is 5.15. The standard InChI is InChI=1S/C22H26ClN3O3/c1-4-29-22(28)19-13-17(23)14-24-20(19)15-9-11-26(12-10-15)21(27)16-5-7-18(8-6-16)25(2)3/h5-8,13-15H,4,9-12H2,1-3H3. The van der Waals surface area contributed by atoms with Crippen LogP contribution in [0, 0.1) is 0 Å². The minimum Gasteiger partial charge on any atom is -0.462 e. The lowest BCUT2D eigenvalue weighted by Gasteiger charge is -2.32. The average molecular weight is 416 g/mol. The Morgan fingerprint density at radius 3 is 2.45 bits per heavy atom. The van der Waals surface area contributed by atoms with Gasteiger partial charge in [0, 0.05) is 50.6 Å². The summed E-state index contributed by atoms with van der Waals surface area (Å²) in [4.78, 5) is 33.4. The largest absolute Gasteiger partial charge is 0.462 e. The number of anilines is 1. The molecule has 0 aliphatic carbocycles. The van der Waals surface area contributed by atoms with E-state index in [1.165, 1.54) is 0 Å². The number of amides is 1. The van der Waals surface area contributed by atoms with Crippen molar-refractivity contribution >= 4 is 29.2 Å². The minimum absolute atomic E-state index is 0.0310. The van der Waals surface area contributed by atoms with E-state index in [2.05, 4.69) is 4.98 Å². The van der Waals surface area contributed by atoms with Gasteiger partial charge in [-0.3, -0.25) is 9.78 Å². The minimum atomic E-state index is -0.406. The highest BCUT2D eigenvalue weighted by atomic mass is 35.5. The summed E-state index contributed by atoms with van der Waals surface area (Å²) in [5.41, 5.74) is 2.87. The molecule has 1 saturated heterocycles. The van der Waals surface area contributed by atoms with Crippen LogP contribution >= 0.6 is 11.6 Å². The fraction of sp³-hybridized carbons (Fsp3) is 0.409. The molecule has 1 aromatic heterocycles. The van der Waals surface area contributed by atoms with Crippen molar-refractivity contribution < 1.29 is 14.3 Å². The van der Waals surface area contributed by atoms with Crippen LogP contribution in [0.25, 0.3) is 0 Å². The van der Waals surface area contributed by atoms with Crippen LogP contribution in [-0.4, -0.2) is 55.6 Å². The molecule has 1 amide bonds. The maximum absolute atomic E-state index is 12.8. The molecule has 29 heavy (non-hydrogen) atoms. The van der Waals surface area contributed by atoms with E-state index in [9.17, 15) is 9.59 Å². The Morgan fingerprint density at radius 1 is 1.21 bits per heavy atom. The number of benzene rings is 1. The van der Waals surface area contributed by atoms with Crippen molar-refractivity contribution in [2.75, 3.05) is 38.7 Å². The predicted molar refractivity (Wildman–Crippen MR) is 114 cm³/mol. The van der Waals surface area contributed by atoms with E-state index in [1.54, 1.807) is 19.2 Å². The molecular formula is C22H26ClN3O3. The highest BCUT2D eigenvalue weighted by molar-refractivity contribution is 6.30. The topological polar surface area (TPSA) is 62.7 Å². The number of rotatable bonds is 5. The number of carbonyl (C=O) groups excluding carboxylic acids is 2. The van der Waals surface area contributed by atoms with Gasteiger partial charge in [-0.05, 0) is 50.1 Å². The zero-order valence-corrected chi connectivity index (χ0v) is 17.8. The Morgan fingerprint density at radius 2 is 1.86 bits per heavy atom. The number of hydrogen-bond donors (Lipinski definition) is 0. The first kappa shape index (κ1) is 21.1. The number of halogens is 1. The van der Waals surface area contributed by atoms with Crippen LogP contribution in [0.3, 0.4) is 0 Å². The third-order valence-corrected chi connectivity index (χ3v) is 5.39. The second kappa shape index (κ2) is 9.27. The second-order valence-corrected chi connectivity index (χ2v) is 7.75. The molecular weight excluding hydrogens is 390 g/mol. The number of piperidine rings is 1. The summed E-state index contributed by atoms with van der Waals surface area (Å²) in [5.74, 6) is -0.285. The van der Waals surface area contributed by atoms with Crippen LogP contribution in [0.15, 0.2) is 36.5 Å². The summed E-state index contributed by atoms with van der Waals surface area (Å²) in [5, 5.41) is 0.408. The van der Waals surface area contributed by atoms with Gasteiger partial charge < -0.3 is 14.5 Å². The van der Waals surface area contributed by atoms with Crippen molar-refractivity contribution in [3.63, 3.8) is 0 Å². The van der Waals surface area contributed by atoms with Gasteiger partial charge >= 0.3 is 5.97 Å². The predicted octanol–water partition coefficient (Wildman–Crippen LogP) is 4.00. The number of ether oxygens (including phenoxy) is 1. The molecule has 6 nitrogen and oxygen atoms in total. The van der Waals surface area contributed by atoms with Gasteiger partial charge in [-0.25, -0.2) is 4.79 Å². The molecule has 0 saturated carbocycles. The summed E-state index contributed by atoms with van der Waals surface area (Å²) in [6.07, 6.45) is 3.04. The molecule has 3 rings (SSSR count). The maximum Gasteiger partial charge on any atom is 0.340 e. The van der Waals surface area contributed by atoms with Crippen LogP contribution in [-0.2, 0) is 4.74 Å². The van der Waals surface area contributed by atoms with Crippen molar-refractivity contribution in [3.8, 4) is 0 Å². The summed E-state index contributed by atoms with van der Waals surface area (Å²) in [6, 6.07) is 9.24. The number of nitrogens with zero attached hydrogens (tertiary/aromatic N) is 3. The summed E-state index contributed by atoms with van der Waals surface area (Å²) in [7, 11) is 3.94. The average Bonchev–Trinajstić information content (AvgIpc) is 2.73. The molecule has 1 aliphatic heterocycles. The van der Waals surface area contributed by atoms with Crippen molar-refractivity contribution in [3.05, 3.63) is 58.4 Å². The van der Waals surface area contributed by atoms with Gasteiger partial charge in [-0.2, -0.15) is 0 Å². The monoisotopic (exact) mass is 415 g/mol. The lowest BCUT2D eigenvalue weighted by atomic mass is 9.90. The number of hydrogen-bond acceptors (Lipinski definition) is 5. The Hall–Kier alpha value is -2.60. The molecule has 1 aromatic carbocycles. The molecule has 7 heteroatoms. The van der Waals surface area contributed by atoms with Gasteiger partial charge in [-0.1, -0.05) is 11.6 Å². The van der Waals surface area contributed by atoms with Crippen molar-refractivity contribution in [1.29, 1.82) is 0 Å². The molecule has 1 fully saturated rings. The molecule has 2 aromatic rings. The van der Waals surface area contributed by atoms with Gasteiger partial charge in [0.05, 0.1) is 22.9 Å². The van der Waals surface area contributed by atoms with Crippen LogP contribution in [0.2, 0.25) is 5.02 Å². The summed E-state index contributed by atoms with van der Waals surface area (Å²) in [6.45, 7) is 3.30. The Balaban J connectivity index is 1.69. The first-order valence-electron chi connectivity index (χ1n) is 9.80. The van der Waals surface area contributed by atoms with Gasteiger partial charge in [-0.15, -0.1) is 0 Å². The van der Waals surface area contributed by atoms with Crippen molar-refractivity contribution in [1.82, 2.24) is 9.88 Å². The lowest BCUT2D eigenvalue weighted by Crippen LogP contribution is -2.38. The Labute approximate surface area is 176 Å². The number of pyridine rings is 1. The van der Waals surface area contributed by atoms with Gasteiger partial charge in [0.1, 0.15) is 0 Å². The molecule has 0 atom stereocenters. The maximum atomic E-state index is 12.8. The lowest BCUT2D eigenvalue weighted by molar-refractivity contribution is 0.0521. The van der Waals surface area contributed by atoms with Gasteiger partial charge in [0.25, 0.3) is 5.91 Å². The Kier molecular flexibility index (Phi) is 6.75. The van der Waals surface area contributed by atoms with Crippen LogP contribution < -0.4 is 4.90 Å². The van der Waals surface area contributed by atoms with E-state index in [-0.39, 0.29) is 11.8 Å². The molecule has 1 aliphatic rings. The quantitative estimate of drug-likeness (QED) is 0.691. The molecule has 0 N–H and O–H groups in total. The first-order valence-corrected chi connectivity index (χ1v) is 10.2. The van der Waals surface area contributed by atoms with E-state index >= 15 is 0 Å². The normalized spacial score (nSPS) is 14.6. The van der Waals surface area contributed by atoms with Crippen LogP contribution in [0.1, 0.15) is 52.1 Å². The van der Waals surface area contributed by atoms with E-state index in [0.717, 1.165) is 18.5 Å². The zero-order chi connectivity index (χ0) is 21.0. The smallest absolute Gasteiger partial charge is 0.340 e. The number of esters is 1. The van der Waals surface area contributed by atoms with Crippen molar-refractivity contribution in [2.24, 2.45) is 0 Å². The van der Waals surface area contributed by atoms with Crippen LogP contribution in [0.4, 0.5) is 5.69 Å². The fourth-order valence-corrected chi connectivity index (χ4v) is 3.75. The Bertz CT molecular complexity index is 875. The van der Waals surface area contributed by atoms with E-state index in [1.807, 2.05) is 48.2 Å². The molecule has 2 heterocycles. The number of likely N-dealkylation sites (tertiary alicyclic amines) is 1.